The summed E-state index contributed by atoms with van der Waals surface area (Å²) in [6.07, 6.45) is 3.12. The molecule has 2 aromatic carbocycles. The number of rotatable bonds is 10. The van der Waals surface area contributed by atoms with Crippen molar-refractivity contribution < 1.29 is 13.9 Å². The molecule has 3 aromatic rings. The fourth-order valence-corrected chi connectivity index (χ4v) is 5.40. The summed E-state index contributed by atoms with van der Waals surface area (Å²) in [7, 11) is 1.41. The smallest absolute Gasteiger partial charge is 0.337 e. The molecule has 5 nitrogen and oxygen atoms in total. The average Bonchev–Trinajstić information content (AvgIpc) is 3.12. The van der Waals surface area contributed by atoms with Crippen LogP contribution in [0, 0.1) is 6.92 Å². The zero-order chi connectivity index (χ0) is 25.7. The van der Waals surface area contributed by atoms with Gasteiger partial charge in [0.05, 0.1) is 12.7 Å². The Morgan fingerprint density at radius 2 is 1.58 bits per heavy atom. The minimum Gasteiger partial charge on any atom is -0.465 e. The number of carbonyl (C=O) groups excluding carboxylic acids is 1. The van der Waals surface area contributed by atoms with Crippen LogP contribution in [0.2, 0.25) is 0 Å². The zero-order valence-electron chi connectivity index (χ0n) is 22.2. The van der Waals surface area contributed by atoms with Gasteiger partial charge in [-0.05, 0) is 75.9 Å². The van der Waals surface area contributed by atoms with Crippen molar-refractivity contribution in [3.63, 3.8) is 0 Å². The Balaban J connectivity index is 1.35. The Morgan fingerprint density at radius 3 is 2.25 bits per heavy atom. The largest absolute Gasteiger partial charge is 0.465 e. The van der Waals surface area contributed by atoms with Gasteiger partial charge >= 0.3 is 5.97 Å². The summed E-state index contributed by atoms with van der Waals surface area (Å²) in [4.78, 5) is 16.5. The van der Waals surface area contributed by atoms with Crippen molar-refractivity contribution in [1.82, 2.24) is 14.4 Å². The Morgan fingerprint density at radius 1 is 0.944 bits per heavy atom. The fourth-order valence-electron chi connectivity index (χ4n) is 5.40. The van der Waals surface area contributed by atoms with Crippen LogP contribution in [0.25, 0.3) is 10.9 Å². The van der Waals surface area contributed by atoms with E-state index in [1.165, 1.54) is 34.8 Å². The number of nitrogens with zero attached hydrogens (tertiary/aromatic N) is 3. The van der Waals surface area contributed by atoms with Gasteiger partial charge < -0.3 is 14.2 Å². The van der Waals surface area contributed by atoms with E-state index < -0.39 is 5.67 Å². The summed E-state index contributed by atoms with van der Waals surface area (Å²) < 4.78 is 21.2. The molecule has 194 valence electrons. The Kier molecular flexibility index (Phi) is 8.47. The van der Waals surface area contributed by atoms with E-state index in [1.807, 2.05) is 24.3 Å². The second-order valence-corrected chi connectivity index (χ2v) is 10.6. The van der Waals surface area contributed by atoms with E-state index in [1.54, 1.807) is 13.8 Å². The molecule has 1 aromatic heterocycles. The maximum absolute atomic E-state index is 13.9. The molecule has 0 radical (unpaired) electrons. The van der Waals surface area contributed by atoms with Gasteiger partial charge in [0, 0.05) is 55.9 Å². The van der Waals surface area contributed by atoms with Gasteiger partial charge in [-0.25, -0.2) is 9.18 Å². The molecule has 0 bridgehead atoms. The van der Waals surface area contributed by atoms with Crippen molar-refractivity contribution in [1.29, 1.82) is 0 Å². The zero-order valence-corrected chi connectivity index (χ0v) is 22.2. The highest BCUT2D eigenvalue weighted by molar-refractivity contribution is 5.89. The van der Waals surface area contributed by atoms with Crippen LogP contribution in [0.4, 0.5) is 4.39 Å². The number of fused-ring (bicyclic) bond motifs is 1. The van der Waals surface area contributed by atoms with Crippen LogP contribution in [0.3, 0.4) is 0 Å². The topological polar surface area (TPSA) is 37.7 Å². The molecule has 1 aliphatic rings. The van der Waals surface area contributed by atoms with Crippen molar-refractivity contribution in [2.75, 3.05) is 46.4 Å². The van der Waals surface area contributed by atoms with Crippen molar-refractivity contribution in [3.05, 3.63) is 70.9 Å². The molecule has 0 atom stereocenters. The predicted octanol–water partition coefficient (Wildman–Crippen LogP) is 5.47. The van der Waals surface area contributed by atoms with Gasteiger partial charge in [0.25, 0.3) is 0 Å². The number of alkyl halides is 1. The Bertz CT molecular complexity index is 1160. The first-order chi connectivity index (χ1) is 17.2. The number of aromatic nitrogens is 1. The summed E-state index contributed by atoms with van der Waals surface area (Å²) in [5.41, 5.74) is 4.60. The van der Waals surface area contributed by atoms with Gasteiger partial charge in [-0.3, -0.25) is 4.90 Å². The lowest BCUT2D eigenvalue weighted by molar-refractivity contribution is 0.0600. The second-order valence-electron chi connectivity index (χ2n) is 10.6. The molecule has 0 aliphatic carbocycles. The van der Waals surface area contributed by atoms with E-state index in [4.69, 9.17) is 4.74 Å². The molecular formula is C30H40FN3O2. The molecule has 6 heteroatoms. The summed E-state index contributed by atoms with van der Waals surface area (Å²) >= 11 is 0. The van der Waals surface area contributed by atoms with Crippen molar-refractivity contribution in [2.24, 2.45) is 0 Å². The van der Waals surface area contributed by atoms with Gasteiger partial charge in [0.2, 0.25) is 0 Å². The molecule has 36 heavy (non-hydrogen) atoms. The monoisotopic (exact) mass is 493 g/mol. The highest BCUT2D eigenvalue weighted by Crippen LogP contribution is 2.28. The summed E-state index contributed by atoms with van der Waals surface area (Å²) in [6, 6.07) is 16.4. The number of unbranched alkanes of at least 4 members (excludes halogenated alkanes) is 1. The van der Waals surface area contributed by atoms with E-state index in [9.17, 15) is 9.18 Å². The molecule has 0 unspecified atom stereocenters. The molecule has 0 saturated carbocycles. The third kappa shape index (κ3) is 6.54. The molecule has 0 amide bonds. The predicted molar refractivity (Wildman–Crippen MR) is 145 cm³/mol. The number of hydrogen-bond acceptors (Lipinski definition) is 4. The van der Waals surface area contributed by atoms with Crippen LogP contribution in [-0.4, -0.2) is 72.4 Å². The molecule has 2 heterocycles. The number of para-hydroxylation sites is 1. The van der Waals surface area contributed by atoms with Crippen molar-refractivity contribution >= 4 is 16.9 Å². The third-order valence-electron chi connectivity index (χ3n) is 7.29. The number of piperazine rings is 1. The summed E-state index contributed by atoms with van der Waals surface area (Å²) in [5, 5.41) is 1.30. The number of aryl methyl sites for hydroxylation is 1. The summed E-state index contributed by atoms with van der Waals surface area (Å²) in [5.74, 6) is -0.306. The number of carbonyl (C=O) groups is 1. The number of esters is 1. The number of ether oxygens (including phenoxy) is 1. The minimum atomic E-state index is -1.12. The van der Waals surface area contributed by atoms with E-state index >= 15 is 0 Å². The van der Waals surface area contributed by atoms with E-state index in [-0.39, 0.29) is 5.97 Å². The molecular weight excluding hydrogens is 453 g/mol. The molecule has 4 rings (SSSR count). The maximum Gasteiger partial charge on any atom is 0.337 e. The molecule has 1 aliphatic heterocycles. The lowest BCUT2D eigenvalue weighted by atomic mass is 10.0. The van der Waals surface area contributed by atoms with Crippen LogP contribution in [0.15, 0.2) is 48.5 Å². The van der Waals surface area contributed by atoms with Crippen LogP contribution >= 0.6 is 0 Å². The minimum absolute atomic E-state index is 0.306. The van der Waals surface area contributed by atoms with Gasteiger partial charge in [-0.1, -0.05) is 30.3 Å². The standard InChI is InChI=1S/C30H40FN3O2/c1-23-27(21-24-11-13-25(14-12-24)29(35)36-4)26-9-5-6-10-28(26)34(23)16-8-7-15-32-17-19-33(20-18-32)22-30(2,3)31/h5-6,9-14H,7-8,15-22H2,1-4H3. The molecule has 1 saturated heterocycles. The van der Waals surface area contributed by atoms with E-state index in [2.05, 4.69) is 45.6 Å². The lowest BCUT2D eigenvalue weighted by Gasteiger charge is -2.36. The lowest BCUT2D eigenvalue weighted by Crippen LogP contribution is -2.49. The van der Waals surface area contributed by atoms with Gasteiger partial charge in [0.1, 0.15) is 5.67 Å². The SMILES string of the molecule is COC(=O)c1ccc(Cc2c(C)n(CCCCN3CCN(CC(C)(C)F)CC3)c3ccccc23)cc1. The van der Waals surface area contributed by atoms with Crippen LogP contribution < -0.4 is 0 Å². The van der Waals surface area contributed by atoms with Gasteiger partial charge in [0.15, 0.2) is 0 Å². The first kappa shape index (κ1) is 26.4. The third-order valence-corrected chi connectivity index (χ3v) is 7.29. The average molecular weight is 494 g/mol. The number of benzene rings is 2. The quantitative estimate of drug-likeness (QED) is 0.277. The number of hydrogen-bond donors (Lipinski definition) is 0. The highest BCUT2D eigenvalue weighted by atomic mass is 19.1. The highest BCUT2D eigenvalue weighted by Gasteiger charge is 2.24. The second kappa shape index (κ2) is 11.6. The normalized spacial score (nSPS) is 15.5. The van der Waals surface area contributed by atoms with Crippen LogP contribution in [0.1, 0.15) is 53.9 Å². The summed E-state index contributed by atoms with van der Waals surface area (Å²) in [6.45, 7) is 12.2. The first-order valence-corrected chi connectivity index (χ1v) is 13.1. The van der Waals surface area contributed by atoms with Crippen LogP contribution in [0.5, 0.6) is 0 Å². The van der Waals surface area contributed by atoms with Gasteiger partial charge in [-0.2, -0.15) is 0 Å². The van der Waals surface area contributed by atoms with Gasteiger partial charge in [-0.15, -0.1) is 0 Å². The van der Waals surface area contributed by atoms with E-state index in [0.29, 0.717) is 12.1 Å². The van der Waals surface area contributed by atoms with Crippen molar-refractivity contribution in [2.45, 2.75) is 52.2 Å². The molecule has 0 N–H and O–H groups in total. The Labute approximate surface area is 214 Å². The maximum atomic E-state index is 13.9. The van der Waals surface area contributed by atoms with Crippen molar-refractivity contribution in [3.8, 4) is 0 Å². The molecule has 1 fully saturated rings. The number of halogens is 1. The first-order valence-electron chi connectivity index (χ1n) is 13.1. The fraction of sp³-hybridized carbons (Fsp3) is 0.500. The number of methoxy groups -OCH3 is 1. The Hall–Kier alpha value is -2.70. The van der Waals surface area contributed by atoms with E-state index in [0.717, 1.165) is 58.5 Å². The molecule has 0 spiro atoms. The van der Waals surface area contributed by atoms with Crippen LogP contribution in [-0.2, 0) is 17.7 Å².